The molecule has 0 amide bonds. The Morgan fingerprint density at radius 1 is 1.22 bits per heavy atom. The van der Waals surface area contributed by atoms with Crippen molar-refractivity contribution in [2.45, 2.75) is 13.3 Å². The number of aromatic amines is 1. The van der Waals surface area contributed by atoms with Gasteiger partial charge in [0.05, 0.1) is 17.0 Å². The summed E-state index contributed by atoms with van der Waals surface area (Å²) < 4.78 is 5.95. The van der Waals surface area contributed by atoms with Crippen LogP contribution in [0.4, 0.5) is 0 Å². The Hall–Kier alpha value is -2.70. The SMILES string of the molecule is CCOC(=O)c1nnc(Cc2cc[nH]c2)c2cc(-c3ccc(Cl)cc3)sc12. The van der Waals surface area contributed by atoms with E-state index in [0.717, 1.165) is 31.8 Å². The third kappa shape index (κ3) is 3.59. The van der Waals surface area contributed by atoms with Crippen molar-refractivity contribution in [1.29, 1.82) is 0 Å². The Kier molecular flexibility index (Phi) is 4.92. The van der Waals surface area contributed by atoms with Gasteiger partial charge in [0.1, 0.15) is 0 Å². The number of rotatable bonds is 5. The van der Waals surface area contributed by atoms with Crippen LogP contribution in [0, 0.1) is 0 Å². The molecule has 1 aromatic carbocycles. The number of aromatic nitrogens is 3. The lowest BCUT2D eigenvalue weighted by Gasteiger charge is -2.04. The lowest BCUT2D eigenvalue weighted by Crippen LogP contribution is -2.09. The molecule has 136 valence electrons. The van der Waals surface area contributed by atoms with E-state index in [2.05, 4.69) is 21.2 Å². The number of esters is 1. The van der Waals surface area contributed by atoms with Crippen LogP contribution in [0.25, 0.3) is 20.5 Å². The molecule has 0 fully saturated rings. The summed E-state index contributed by atoms with van der Waals surface area (Å²) in [5.74, 6) is -0.451. The van der Waals surface area contributed by atoms with Crippen molar-refractivity contribution in [3.63, 3.8) is 0 Å². The molecular weight excluding hydrogens is 382 g/mol. The number of ether oxygens (including phenoxy) is 1. The highest BCUT2D eigenvalue weighted by atomic mass is 35.5. The number of benzene rings is 1. The van der Waals surface area contributed by atoms with E-state index in [1.807, 2.05) is 42.7 Å². The maximum Gasteiger partial charge on any atom is 0.360 e. The van der Waals surface area contributed by atoms with Gasteiger partial charge in [-0.05, 0) is 42.3 Å². The Balaban J connectivity index is 1.85. The molecule has 0 bridgehead atoms. The molecule has 0 saturated heterocycles. The lowest BCUT2D eigenvalue weighted by atomic mass is 10.1. The fraction of sp³-hybridized carbons (Fsp3) is 0.150. The Morgan fingerprint density at radius 2 is 2.04 bits per heavy atom. The maximum absolute atomic E-state index is 12.3. The Labute approximate surface area is 165 Å². The number of halogens is 1. The second kappa shape index (κ2) is 7.50. The number of carbonyl (C=O) groups excluding carboxylic acids is 1. The third-order valence-electron chi connectivity index (χ3n) is 4.16. The van der Waals surface area contributed by atoms with Gasteiger partial charge in [-0.2, -0.15) is 5.10 Å². The predicted molar refractivity (Wildman–Crippen MR) is 107 cm³/mol. The molecule has 0 unspecified atom stereocenters. The van der Waals surface area contributed by atoms with Gasteiger partial charge >= 0.3 is 5.97 Å². The van der Waals surface area contributed by atoms with E-state index in [4.69, 9.17) is 16.3 Å². The van der Waals surface area contributed by atoms with E-state index in [-0.39, 0.29) is 5.69 Å². The zero-order valence-corrected chi connectivity index (χ0v) is 16.1. The minimum Gasteiger partial charge on any atom is -0.461 e. The van der Waals surface area contributed by atoms with Crippen LogP contribution in [0.3, 0.4) is 0 Å². The molecule has 27 heavy (non-hydrogen) atoms. The van der Waals surface area contributed by atoms with Crippen molar-refractivity contribution in [3.05, 3.63) is 70.8 Å². The van der Waals surface area contributed by atoms with Crippen molar-refractivity contribution in [3.8, 4) is 10.4 Å². The summed E-state index contributed by atoms with van der Waals surface area (Å²) in [4.78, 5) is 16.4. The quantitative estimate of drug-likeness (QED) is 0.475. The number of H-pyrrole nitrogens is 1. The first-order chi connectivity index (χ1) is 13.2. The van der Waals surface area contributed by atoms with Crippen LogP contribution in [0.2, 0.25) is 5.02 Å². The predicted octanol–water partition coefficient (Wildman–Crippen LogP) is 5.11. The molecule has 0 spiro atoms. The second-order valence-corrected chi connectivity index (χ2v) is 7.46. The average molecular weight is 398 g/mol. The van der Waals surface area contributed by atoms with Crippen molar-refractivity contribution in [1.82, 2.24) is 15.2 Å². The van der Waals surface area contributed by atoms with Crippen LogP contribution in [-0.2, 0) is 11.2 Å². The molecule has 3 aromatic heterocycles. The molecule has 7 heteroatoms. The van der Waals surface area contributed by atoms with Gasteiger partial charge in [0.15, 0.2) is 5.69 Å². The summed E-state index contributed by atoms with van der Waals surface area (Å²) in [6, 6.07) is 11.7. The number of carbonyl (C=O) groups is 1. The van der Waals surface area contributed by atoms with Gasteiger partial charge in [-0.15, -0.1) is 16.4 Å². The van der Waals surface area contributed by atoms with E-state index >= 15 is 0 Å². The van der Waals surface area contributed by atoms with E-state index in [0.29, 0.717) is 18.1 Å². The summed E-state index contributed by atoms with van der Waals surface area (Å²) in [5.41, 5.74) is 3.22. The fourth-order valence-electron chi connectivity index (χ4n) is 2.87. The highest BCUT2D eigenvalue weighted by molar-refractivity contribution is 7.22. The highest BCUT2D eigenvalue weighted by Gasteiger charge is 2.20. The first-order valence-electron chi connectivity index (χ1n) is 8.49. The van der Waals surface area contributed by atoms with Crippen molar-refractivity contribution in [2.24, 2.45) is 0 Å². The standard InChI is InChI=1S/C20H16ClN3O2S/c1-2-26-20(25)18-19-15(16(23-24-18)9-12-7-8-22-11-12)10-17(27-19)13-3-5-14(21)6-4-13/h3-8,10-11,22H,2,9H2,1H3. The molecule has 0 aliphatic rings. The number of nitrogens with one attached hydrogen (secondary N) is 1. The minimum absolute atomic E-state index is 0.259. The number of hydrogen-bond donors (Lipinski definition) is 1. The third-order valence-corrected chi connectivity index (χ3v) is 5.60. The summed E-state index contributed by atoms with van der Waals surface area (Å²) in [6.07, 6.45) is 4.44. The minimum atomic E-state index is -0.451. The molecule has 0 aliphatic heterocycles. The Bertz CT molecular complexity index is 1090. The van der Waals surface area contributed by atoms with Crippen molar-refractivity contribution < 1.29 is 9.53 Å². The van der Waals surface area contributed by atoms with Crippen LogP contribution in [0.1, 0.15) is 28.7 Å². The summed E-state index contributed by atoms with van der Waals surface area (Å²) in [5, 5.41) is 10.1. The van der Waals surface area contributed by atoms with Gasteiger partial charge in [0.2, 0.25) is 0 Å². The molecule has 1 N–H and O–H groups in total. The molecule has 4 aromatic rings. The molecule has 0 atom stereocenters. The van der Waals surface area contributed by atoms with Gasteiger partial charge in [0.25, 0.3) is 0 Å². The molecular formula is C20H16ClN3O2S. The molecule has 5 nitrogen and oxygen atoms in total. The van der Waals surface area contributed by atoms with Crippen LogP contribution in [0.15, 0.2) is 48.8 Å². The highest BCUT2D eigenvalue weighted by Crippen LogP contribution is 2.37. The second-order valence-electron chi connectivity index (χ2n) is 5.97. The van der Waals surface area contributed by atoms with Gasteiger partial charge < -0.3 is 9.72 Å². The van der Waals surface area contributed by atoms with E-state index in [9.17, 15) is 4.79 Å². The maximum atomic E-state index is 12.3. The lowest BCUT2D eigenvalue weighted by molar-refractivity contribution is 0.0521. The summed E-state index contributed by atoms with van der Waals surface area (Å²) in [7, 11) is 0. The van der Waals surface area contributed by atoms with Crippen LogP contribution >= 0.6 is 22.9 Å². The summed E-state index contributed by atoms with van der Waals surface area (Å²) in [6.45, 7) is 2.07. The van der Waals surface area contributed by atoms with Gasteiger partial charge in [0, 0.05) is 34.1 Å². The van der Waals surface area contributed by atoms with Gasteiger partial charge in [-0.25, -0.2) is 4.79 Å². The van der Waals surface area contributed by atoms with E-state index in [1.165, 1.54) is 11.3 Å². The normalized spacial score (nSPS) is 11.0. The monoisotopic (exact) mass is 397 g/mol. The first-order valence-corrected chi connectivity index (χ1v) is 9.69. The molecule has 3 heterocycles. The number of thiophene rings is 1. The topological polar surface area (TPSA) is 67.9 Å². The first kappa shape index (κ1) is 17.7. The van der Waals surface area contributed by atoms with Crippen LogP contribution < -0.4 is 0 Å². The van der Waals surface area contributed by atoms with Crippen LogP contribution in [-0.4, -0.2) is 27.8 Å². The number of hydrogen-bond acceptors (Lipinski definition) is 5. The van der Waals surface area contributed by atoms with Crippen molar-refractivity contribution in [2.75, 3.05) is 6.61 Å². The molecule has 0 aliphatic carbocycles. The van der Waals surface area contributed by atoms with Crippen LogP contribution in [0.5, 0.6) is 0 Å². The molecule has 4 rings (SSSR count). The fourth-order valence-corrected chi connectivity index (χ4v) is 4.16. The van der Waals surface area contributed by atoms with Gasteiger partial charge in [-0.1, -0.05) is 23.7 Å². The van der Waals surface area contributed by atoms with Gasteiger partial charge in [-0.3, -0.25) is 0 Å². The average Bonchev–Trinajstić information content (AvgIpc) is 3.32. The molecule has 0 saturated carbocycles. The number of nitrogens with zero attached hydrogens (tertiary/aromatic N) is 2. The Morgan fingerprint density at radius 3 is 2.74 bits per heavy atom. The zero-order valence-electron chi connectivity index (χ0n) is 14.5. The largest absolute Gasteiger partial charge is 0.461 e. The van der Waals surface area contributed by atoms with E-state index in [1.54, 1.807) is 6.92 Å². The summed E-state index contributed by atoms with van der Waals surface area (Å²) >= 11 is 7.51. The number of fused-ring (bicyclic) bond motifs is 1. The van der Waals surface area contributed by atoms with E-state index < -0.39 is 5.97 Å². The molecule has 0 radical (unpaired) electrons. The van der Waals surface area contributed by atoms with Crippen molar-refractivity contribution >= 4 is 39.0 Å². The smallest absolute Gasteiger partial charge is 0.360 e. The zero-order chi connectivity index (χ0) is 18.8.